The van der Waals surface area contributed by atoms with Gasteiger partial charge in [-0.05, 0) is 41.6 Å². The third kappa shape index (κ3) is 4.60. The van der Waals surface area contributed by atoms with Crippen molar-refractivity contribution < 1.29 is 0 Å². The van der Waals surface area contributed by atoms with Crippen LogP contribution in [0.3, 0.4) is 0 Å². The lowest BCUT2D eigenvalue weighted by atomic mass is 10.1. The van der Waals surface area contributed by atoms with Crippen molar-refractivity contribution in [2.24, 2.45) is 4.99 Å². The van der Waals surface area contributed by atoms with Gasteiger partial charge in [0.1, 0.15) is 0 Å². The molecule has 0 atom stereocenters. The highest BCUT2D eigenvalue weighted by atomic mass is 15.3. The molecule has 29 heavy (non-hydrogen) atoms. The van der Waals surface area contributed by atoms with Crippen LogP contribution in [0.1, 0.15) is 11.3 Å². The number of hydrogen-bond acceptors (Lipinski definition) is 3. The molecule has 146 valence electrons. The van der Waals surface area contributed by atoms with Crippen molar-refractivity contribution in [3.05, 3.63) is 90.5 Å². The van der Waals surface area contributed by atoms with E-state index in [2.05, 4.69) is 62.1 Å². The van der Waals surface area contributed by atoms with Crippen molar-refractivity contribution in [3.63, 3.8) is 0 Å². The fourth-order valence-electron chi connectivity index (χ4n) is 3.27. The smallest absolute Gasteiger partial charge is 0.191 e. The molecule has 6 heteroatoms. The summed E-state index contributed by atoms with van der Waals surface area (Å²) in [6, 6.07) is 20.7. The molecule has 2 aromatic heterocycles. The summed E-state index contributed by atoms with van der Waals surface area (Å²) in [6.45, 7) is 1.42. The Bertz CT molecular complexity index is 1080. The molecule has 2 aromatic carbocycles. The Kier molecular flexibility index (Phi) is 5.81. The molecular weight excluding hydrogens is 360 g/mol. The van der Waals surface area contributed by atoms with E-state index in [9.17, 15) is 0 Å². The molecule has 0 spiro atoms. The first-order chi connectivity index (χ1) is 14.3. The number of hydrogen-bond donors (Lipinski definition) is 2. The Morgan fingerprint density at radius 1 is 0.966 bits per heavy atom. The molecule has 0 radical (unpaired) electrons. The molecule has 2 N–H and O–H groups in total. The zero-order valence-electron chi connectivity index (χ0n) is 16.4. The van der Waals surface area contributed by atoms with Crippen LogP contribution < -0.4 is 10.6 Å². The first kappa shape index (κ1) is 18.7. The van der Waals surface area contributed by atoms with Gasteiger partial charge in [0, 0.05) is 37.6 Å². The molecule has 0 unspecified atom stereocenters. The van der Waals surface area contributed by atoms with Crippen LogP contribution in [0.25, 0.3) is 16.5 Å². The lowest BCUT2D eigenvalue weighted by molar-refractivity contribution is 0.786. The molecule has 0 aliphatic carbocycles. The number of nitrogens with zero attached hydrogens (tertiary/aromatic N) is 4. The number of fused-ring (bicyclic) bond motifs is 1. The molecule has 0 saturated heterocycles. The fourth-order valence-corrected chi connectivity index (χ4v) is 3.27. The fraction of sp³-hybridized carbons (Fsp3) is 0.174. The van der Waals surface area contributed by atoms with E-state index in [0.717, 1.165) is 35.7 Å². The van der Waals surface area contributed by atoms with E-state index < -0.39 is 0 Å². The third-order valence-corrected chi connectivity index (χ3v) is 4.81. The largest absolute Gasteiger partial charge is 0.356 e. The predicted octanol–water partition coefficient (Wildman–Crippen LogP) is 3.33. The predicted molar refractivity (Wildman–Crippen MR) is 117 cm³/mol. The van der Waals surface area contributed by atoms with Gasteiger partial charge < -0.3 is 10.6 Å². The van der Waals surface area contributed by atoms with Crippen molar-refractivity contribution in [1.29, 1.82) is 0 Å². The van der Waals surface area contributed by atoms with Gasteiger partial charge in [0.05, 0.1) is 17.9 Å². The van der Waals surface area contributed by atoms with Gasteiger partial charge in [-0.2, -0.15) is 5.10 Å². The first-order valence-corrected chi connectivity index (χ1v) is 9.69. The molecule has 6 nitrogen and oxygen atoms in total. The van der Waals surface area contributed by atoms with Crippen molar-refractivity contribution in [1.82, 2.24) is 25.4 Å². The van der Waals surface area contributed by atoms with E-state index in [1.54, 1.807) is 13.2 Å². The highest BCUT2D eigenvalue weighted by Crippen LogP contribution is 2.15. The first-order valence-electron chi connectivity index (χ1n) is 9.69. The number of aliphatic imine (C=N–C) groups is 1. The number of rotatable bonds is 6. The van der Waals surface area contributed by atoms with Crippen LogP contribution in [0.4, 0.5) is 0 Å². The van der Waals surface area contributed by atoms with Gasteiger partial charge in [-0.15, -0.1) is 0 Å². The monoisotopic (exact) mass is 384 g/mol. The van der Waals surface area contributed by atoms with E-state index in [0.29, 0.717) is 6.54 Å². The van der Waals surface area contributed by atoms with Crippen molar-refractivity contribution in [2.75, 3.05) is 13.6 Å². The molecule has 4 rings (SSSR count). The summed E-state index contributed by atoms with van der Waals surface area (Å²) in [5.41, 5.74) is 3.34. The van der Waals surface area contributed by atoms with Crippen molar-refractivity contribution >= 4 is 16.7 Å². The molecule has 0 aliphatic rings. The lowest BCUT2D eigenvalue weighted by Crippen LogP contribution is -2.38. The summed E-state index contributed by atoms with van der Waals surface area (Å²) in [7, 11) is 1.78. The molecular formula is C23H24N6. The maximum atomic E-state index is 4.52. The molecule has 0 amide bonds. The van der Waals surface area contributed by atoms with E-state index in [1.165, 1.54) is 10.9 Å². The molecule has 0 aliphatic heterocycles. The molecule has 0 bridgehead atoms. The minimum Gasteiger partial charge on any atom is -0.356 e. The van der Waals surface area contributed by atoms with Gasteiger partial charge in [-0.3, -0.25) is 9.98 Å². The Morgan fingerprint density at radius 3 is 2.62 bits per heavy atom. The Labute approximate surface area is 170 Å². The number of aromatic nitrogens is 3. The van der Waals surface area contributed by atoms with Crippen LogP contribution in [-0.4, -0.2) is 34.3 Å². The summed E-state index contributed by atoms with van der Waals surface area (Å²) >= 11 is 0. The Balaban J connectivity index is 1.29. The summed E-state index contributed by atoms with van der Waals surface area (Å²) in [4.78, 5) is 8.84. The highest BCUT2D eigenvalue weighted by Gasteiger charge is 2.04. The van der Waals surface area contributed by atoms with Crippen molar-refractivity contribution in [3.8, 4) is 5.69 Å². The summed E-state index contributed by atoms with van der Waals surface area (Å²) in [6.07, 6.45) is 6.48. The SMILES string of the molecule is CN=C(NCCc1ccc(-n2cccn2)cc1)NCc1nccc2ccccc12. The molecule has 0 fully saturated rings. The average molecular weight is 384 g/mol. The van der Waals surface area contributed by atoms with Gasteiger partial charge in [0.15, 0.2) is 5.96 Å². The number of nitrogens with one attached hydrogen (secondary N) is 2. The standard InChI is InChI=1S/C23H24N6/c1-24-23(27-17-22-21-6-3-2-5-19(21)12-15-25-22)26-14-11-18-7-9-20(10-8-18)29-16-4-13-28-29/h2-10,12-13,15-16H,11,14,17H2,1H3,(H2,24,26,27). The summed E-state index contributed by atoms with van der Waals surface area (Å²) in [5.74, 6) is 0.771. The van der Waals surface area contributed by atoms with Gasteiger partial charge in [0.2, 0.25) is 0 Å². The molecule has 4 aromatic rings. The zero-order valence-corrected chi connectivity index (χ0v) is 16.4. The van der Waals surface area contributed by atoms with Crippen LogP contribution in [0.15, 0.2) is 84.2 Å². The average Bonchev–Trinajstić information content (AvgIpc) is 3.31. The quantitative estimate of drug-likeness (QED) is 0.395. The van der Waals surface area contributed by atoms with E-state index in [-0.39, 0.29) is 0 Å². The van der Waals surface area contributed by atoms with Crippen LogP contribution in [0, 0.1) is 0 Å². The summed E-state index contributed by atoms with van der Waals surface area (Å²) < 4.78 is 1.86. The second-order valence-electron chi connectivity index (χ2n) is 6.70. The van der Waals surface area contributed by atoms with E-state index >= 15 is 0 Å². The summed E-state index contributed by atoms with van der Waals surface area (Å²) in [5, 5.41) is 13.3. The topological polar surface area (TPSA) is 67.1 Å². The van der Waals surface area contributed by atoms with Crippen LogP contribution in [0.5, 0.6) is 0 Å². The normalized spacial score (nSPS) is 11.6. The highest BCUT2D eigenvalue weighted by molar-refractivity contribution is 5.85. The van der Waals surface area contributed by atoms with Crippen LogP contribution >= 0.6 is 0 Å². The number of guanidine groups is 1. The van der Waals surface area contributed by atoms with Gasteiger partial charge in [0.25, 0.3) is 0 Å². The second kappa shape index (κ2) is 9.01. The second-order valence-corrected chi connectivity index (χ2v) is 6.70. The maximum absolute atomic E-state index is 4.52. The maximum Gasteiger partial charge on any atom is 0.191 e. The van der Waals surface area contributed by atoms with Crippen LogP contribution in [0.2, 0.25) is 0 Å². The molecule has 2 heterocycles. The van der Waals surface area contributed by atoms with Gasteiger partial charge >= 0.3 is 0 Å². The van der Waals surface area contributed by atoms with E-state index in [1.807, 2.05) is 41.3 Å². The number of pyridine rings is 1. The lowest BCUT2D eigenvalue weighted by Gasteiger charge is -2.13. The minimum absolute atomic E-state index is 0.625. The van der Waals surface area contributed by atoms with E-state index in [4.69, 9.17) is 0 Å². The minimum atomic E-state index is 0.625. The van der Waals surface area contributed by atoms with Gasteiger partial charge in [-0.25, -0.2) is 4.68 Å². The Hall–Kier alpha value is -3.67. The Morgan fingerprint density at radius 2 is 1.83 bits per heavy atom. The molecule has 0 saturated carbocycles. The van der Waals surface area contributed by atoms with Crippen molar-refractivity contribution in [2.45, 2.75) is 13.0 Å². The third-order valence-electron chi connectivity index (χ3n) is 4.81. The number of benzene rings is 2. The van der Waals surface area contributed by atoms with Gasteiger partial charge in [-0.1, -0.05) is 36.4 Å². The zero-order chi connectivity index (χ0) is 19.9. The van der Waals surface area contributed by atoms with Crippen LogP contribution in [-0.2, 0) is 13.0 Å².